The lowest BCUT2D eigenvalue weighted by Gasteiger charge is -2.24. The molecule has 2 rings (SSSR count). The average Bonchev–Trinajstić information content (AvgIpc) is 2.91. The largest absolute Gasteiger partial charge is 0.508 e. The van der Waals surface area contributed by atoms with Crippen LogP contribution >= 0.6 is 12.6 Å². The van der Waals surface area contributed by atoms with Crippen molar-refractivity contribution in [3.63, 3.8) is 0 Å². The second kappa shape index (κ2) is 15.3. The molecule has 4 atom stereocenters. The zero-order valence-corrected chi connectivity index (χ0v) is 22.3. The Hall–Kier alpha value is -4.30. The van der Waals surface area contributed by atoms with Gasteiger partial charge in [-0.3, -0.25) is 19.2 Å². The van der Waals surface area contributed by atoms with Gasteiger partial charge in [-0.1, -0.05) is 24.3 Å². The van der Waals surface area contributed by atoms with Crippen LogP contribution in [0.2, 0.25) is 0 Å². The number of aliphatic carboxylic acids is 1. The van der Waals surface area contributed by atoms with E-state index in [0.717, 1.165) is 0 Å². The fourth-order valence-electron chi connectivity index (χ4n) is 3.62. The third-order valence-corrected chi connectivity index (χ3v) is 6.21. The second-order valence-electron chi connectivity index (χ2n) is 9.06. The minimum Gasteiger partial charge on any atom is -0.508 e. The maximum atomic E-state index is 13.0. The van der Waals surface area contributed by atoms with E-state index in [1.165, 1.54) is 36.4 Å². The van der Waals surface area contributed by atoms with Gasteiger partial charge < -0.3 is 42.7 Å². The number of nitrogens with one attached hydrogen (secondary N) is 3. The molecule has 0 aliphatic carbocycles. The van der Waals surface area contributed by atoms with E-state index in [0.29, 0.717) is 11.1 Å². The van der Waals surface area contributed by atoms with Gasteiger partial charge in [0.05, 0.1) is 6.04 Å². The molecule has 0 aromatic heterocycles. The number of rotatable bonds is 15. The Bertz CT molecular complexity index is 1190. The molecule has 0 heterocycles. The summed E-state index contributed by atoms with van der Waals surface area (Å²) < 4.78 is 0. The molecule has 2 aromatic carbocycles. The van der Waals surface area contributed by atoms with Crippen molar-refractivity contribution in [1.29, 1.82) is 0 Å². The van der Waals surface area contributed by atoms with E-state index in [-0.39, 0.29) is 42.9 Å². The molecule has 40 heavy (non-hydrogen) atoms. The molecule has 0 spiro atoms. The van der Waals surface area contributed by atoms with Crippen LogP contribution in [0, 0.1) is 0 Å². The Morgan fingerprint density at radius 2 is 1.18 bits per heavy atom. The maximum Gasteiger partial charge on any atom is 0.326 e. The molecule has 2 aromatic rings. The number of benzene rings is 2. The predicted molar refractivity (Wildman–Crippen MR) is 147 cm³/mol. The van der Waals surface area contributed by atoms with Crippen LogP contribution in [0.1, 0.15) is 24.0 Å². The van der Waals surface area contributed by atoms with Crippen LogP contribution in [0.4, 0.5) is 0 Å². The summed E-state index contributed by atoms with van der Waals surface area (Å²) in [6.07, 6.45) is -0.435. The second-order valence-corrected chi connectivity index (χ2v) is 9.42. The number of carbonyl (C=O) groups is 5. The van der Waals surface area contributed by atoms with E-state index in [1.807, 2.05) is 0 Å². The monoisotopic (exact) mass is 575 g/mol. The molecule has 0 aliphatic rings. The first kappa shape index (κ1) is 31.9. The first-order valence-electron chi connectivity index (χ1n) is 12.2. The van der Waals surface area contributed by atoms with Gasteiger partial charge in [0.25, 0.3) is 0 Å². The molecule has 0 radical (unpaired) electrons. The number of hydrogen-bond donors (Lipinski definition) is 9. The number of aromatic hydroxyl groups is 2. The molecule has 0 aliphatic heterocycles. The van der Waals surface area contributed by atoms with E-state index in [2.05, 4.69) is 28.6 Å². The Labute approximate surface area is 235 Å². The first-order valence-corrected chi connectivity index (χ1v) is 12.9. The summed E-state index contributed by atoms with van der Waals surface area (Å²) in [5.74, 6) is -4.57. The summed E-state index contributed by atoms with van der Waals surface area (Å²) in [5, 5.41) is 35.6. The molecule has 216 valence electrons. The van der Waals surface area contributed by atoms with Gasteiger partial charge in [0.1, 0.15) is 29.6 Å². The summed E-state index contributed by atoms with van der Waals surface area (Å²) in [6.45, 7) is 0. The molecule has 4 amide bonds. The predicted octanol–water partition coefficient (Wildman–Crippen LogP) is -1.06. The number of amides is 4. The van der Waals surface area contributed by atoms with Crippen LogP contribution in [0.5, 0.6) is 11.5 Å². The molecule has 0 fully saturated rings. The quantitative estimate of drug-likeness (QED) is 0.118. The smallest absolute Gasteiger partial charge is 0.326 e. The van der Waals surface area contributed by atoms with Crippen LogP contribution in [-0.2, 0) is 36.8 Å². The lowest BCUT2D eigenvalue weighted by atomic mass is 10.0. The first-order chi connectivity index (χ1) is 18.9. The van der Waals surface area contributed by atoms with Crippen molar-refractivity contribution in [1.82, 2.24) is 16.0 Å². The number of carbonyl (C=O) groups excluding carboxylic acids is 4. The normalized spacial score (nSPS) is 13.8. The van der Waals surface area contributed by atoms with Crippen molar-refractivity contribution in [2.45, 2.75) is 49.9 Å². The Balaban J connectivity index is 2.07. The van der Waals surface area contributed by atoms with Crippen LogP contribution in [0.3, 0.4) is 0 Å². The lowest BCUT2D eigenvalue weighted by molar-refractivity contribution is -0.142. The van der Waals surface area contributed by atoms with Gasteiger partial charge in [-0.25, -0.2) is 4.79 Å². The van der Waals surface area contributed by atoms with Crippen molar-refractivity contribution in [2.75, 3.05) is 5.75 Å². The summed E-state index contributed by atoms with van der Waals surface area (Å²) in [7, 11) is 0. The van der Waals surface area contributed by atoms with E-state index in [9.17, 15) is 39.3 Å². The van der Waals surface area contributed by atoms with Gasteiger partial charge in [-0.05, 0) is 48.2 Å². The highest BCUT2D eigenvalue weighted by Crippen LogP contribution is 2.13. The van der Waals surface area contributed by atoms with Crippen LogP contribution in [0.25, 0.3) is 0 Å². The molecule has 0 saturated carbocycles. The van der Waals surface area contributed by atoms with E-state index in [4.69, 9.17) is 11.5 Å². The summed E-state index contributed by atoms with van der Waals surface area (Å²) in [6, 6.07) is 6.83. The van der Waals surface area contributed by atoms with Crippen LogP contribution in [-0.4, -0.2) is 74.8 Å². The van der Waals surface area contributed by atoms with Gasteiger partial charge in [0.15, 0.2) is 0 Å². The third-order valence-electron chi connectivity index (χ3n) is 5.85. The van der Waals surface area contributed by atoms with Crippen molar-refractivity contribution in [3.8, 4) is 11.5 Å². The number of hydrogen-bond acceptors (Lipinski definition) is 9. The standard InChI is InChI=1S/C26H33N5O8S/c27-18(11-14-1-5-16(32)6-2-14)23(35)29-19(9-10-22(28)34)24(36)31-21(13-40)25(37)30-20(26(38)39)12-15-3-7-17(33)8-4-15/h1-8,18-21,32-33,40H,9-13,27H2,(H2,28,34)(H,29,35)(H,30,37)(H,31,36)(H,38,39). The lowest BCUT2D eigenvalue weighted by Crippen LogP contribution is -2.58. The van der Waals surface area contributed by atoms with Crippen molar-refractivity contribution >= 4 is 42.2 Å². The summed E-state index contributed by atoms with van der Waals surface area (Å²) >= 11 is 4.08. The van der Waals surface area contributed by atoms with E-state index < -0.39 is 53.8 Å². The number of phenolic OH excluding ortho intramolecular Hbond substituents is 2. The fraction of sp³-hybridized carbons (Fsp3) is 0.346. The average molecular weight is 576 g/mol. The zero-order chi connectivity index (χ0) is 29.8. The number of carboxylic acid groups (broad SMARTS) is 1. The van der Waals surface area contributed by atoms with Crippen molar-refractivity contribution in [2.24, 2.45) is 11.5 Å². The van der Waals surface area contributed by atoms with Crippen molar-refractivity contribution < 1.29 is 39.3 Å². The van der Waals surface area contributed by atoms with E-state index >= 15 is 0 Å². The molecular weight excluding hydrogens is 542 g/mol. The van der Waals surface area contributed by atoms with Gasteiger partial charge in [-0.2, -0.15) is 12.6 Å². The van der Waals surface area contributed by atoms with Gasteiger partial charge >= 0.3 is 5.97 Å². The Morgan fingerprint density at radius 1 is 0.725 bits per heavy atom. The summed E-state index contributed by atoms with van der Waals surface area (Å²) in [4.78, 5) is 61.7. The molecule has 0 saturated heterocycles. The highest BCUT2D eigenvalue weighted by molar-refractivity contribution is 7.80. The van der Waals surface area contributed by atoms with Gasteiger partial charge in [0, 0.05) is 18.6 Å². The van der Waals surface area contributed by atoms with E-state index in [1.54, 1.807) is 12.1 Å². The topological polar surface area (TPSA) is 234 Å². The highest BCUT2D eigenvalue weighted by Gasteiger charge is 2.30. The molecular formula is C26H33N5O8S. The van der Waals surface area contributed by atoms with Gasteiger partial charge in [0.2, 0.25) is 23.6 Å². The Kier molecular flexibility index (Phi) is 12.2. The number of phenols is 2. The number of primary amides is 1. The number of thiol groups is 1. The SMILES string of the molecule is NC(=O)CCC(NC(=O)C(N)Cc1ccc(O)cc1)C(=O)NC(CS)C(=O)NC(Cc1ccc(O)cc1)C(=O)O. The molecule has 13 nitrogen and oxygen atoms in total. The van der Waals surface area contributed by atoms with Crippen LogP contribution < -0.4 is 27.4 Å². The van der Waals surface area contributed by atoms with Gasteiger partial charge in [-0.15, -0.1) is 0 Å². The molecule has 10 N–H and O–H groups in total. The third kappa shape index (κ3) is 10.5. The minimum absolute atomic E-state index is 0.00296. The summed E-state index contributed by atoms with van der Waals surface area (Å²) in [5.41, 5.74) is 12.4. The maximum absolute atomic E-state index is 13.0. The minimum atomic E-state index is -1.35. The molecule has 4 unspecified atom stereocenters. The Morgan fingerprint density at radius 3 is 1.65 bits per heavy atom. The van der Waals surface area contributed by atoms with Crippen LogP contribution in [0.15, 0.2) is 48.5 Å². The zero-order valence-electron chi connectivity index (χ0n) is 21.4. The van der Waals surface area contributed by atoms with Crippen molar-refractivity contribution in [3.05, 3.63) is 59.7 Å². The molecule has 0 bridgehead atoms. The number of carboxylic acids is 1. The highest BCUT2D eigenvalue weighted by atomic mass is 32.1. The number of nitrogens with two attached hydrogens (primary N) is 2. The fourth-order valence-corrected chi connectivity index (χ4v) is 3.88. The molecule has 14 heteroatoms.